The van der Waals surface area contributed by atoms with Crippen molar-refractivity contribution in [3.05, 3.63) is 42.5 Å². The molecule has 0 spiro atoms. The van der Waals surface area contributed by atoms with Crippen molar-refractivity contribution in [2.24, 2.45) is 4.40 Å². The Morgan fingerprint density at radius 1 is 0.979 bits per heavy atom. The third kappa shape index (κ3) is 9.89. The number of fused-ring (bicyclic) bond motifs is 1. The number of anilines is 1. The van der Waals surface area contributed by atoms with Gasteiger partial charge in [0.25, 0.3) is 0 Å². The number of esters is 3. The highest BCUT2D eigenvalue weighted by Crippen LogP contribution is 2.36. The van der Waals surface area contributed by atoms with Crippen LogP contribution in [0.4, 0.5) is 5.82 Å². The lowest BCUT2D eigenvalue weighted by atomic mass is 10.1. The summed E-state index contributed by atoms with van der Waals surface area (Å²) in [7, 11) is -4.92. The molecule has 0 unspecified atom stereocenters. The van der Waals surface area contributed by atoms with E-state index < -0.39 is 65.3 Å². The van der Waals surface area contributed by atoms with Gasteiger partial charge in [-0.05, 0) is 26.8 Å². The van der Waals surface area contributed by atoms with Crippen molar-refractivity contribution in [1.82, 2.24) is 19.5 Å². The minimum atomic E-state index is -4.92. The molecular formula is C29H39N7O11S. The zero-order valence-corrected chi connectivity index (χ0v) is 28.1. The molecule has 0 amide bonds. The van der Waals surface area contributed by atoms with Gasteiger partial charge in [0.05, 0.1) is 32.6 Å². The minimum absolute atomic E-state index is 0.0554. The average Bonchev–Trinajstić information content (AvgIpc) is 3.58. The number of ether oxygens (including phenoxy) is 4. The second kappa shape index (κ2) is 16.9. The number of imidazole rings is 1. The van der Waals surface area contributed by atoms with Crippen molar-refractivity contribution in [2.75, 3.05) is 32.0 Å². The molecule has 0 bridgehead atoms. The number of benzene rings is 1. The van der Waals surface area contributed by atoms with Gasteiger partial charge in [0, 0.05) is 32.2 Å². The van der Waals surface area contributed by atoms with Gasteiger partial charge < -0.3 is 34.7 Å². The largest absolute Gasteiger partial charge is 0.857 e. The highest BCUT2D eigenvalue weighted by molar-refractivity contribution is 7.85. The first-order valence-electron chi connectivity index (χ1n) is 14.9. The number of hydrogen-bond acceptors (Lipinski definition) is 15. The van der Waals surface area contributed by atoms with E-state index in [1.807, 2.05) is 0 Å². The summed E-state index contributed by atoms with van der Waals surface area (Å²) >= 11 is 0. The molecule has 19 heteroatoms. The van der Waals surface area contributed by atoms with Crippen LogP contribution in [-0.2, 0) is 43.1 Å². The maximum atomic E-state index is 12.6. The molecule has 3 N–H and O–H groups in total. The molecule has 262 valence electrons. The topological polar surface area (TPSA) is 241 Å². The van der Waals surface area contributed by atoms with Crippen molar-refractivity contribution < 1.29 is 55.9 Å². The Hall–Kier alpha value is -4.72. The van der Waals surface area contributed by atoms with E-state index in [0.29, 0.717) is 0 Å². The van der Waals surface area contributed by atoms with Crippen LogP contribution >= 0.6 is 0 Å². The van der Waals surface area contributed by atoms with Gasteiger partial charge in [0.2, 0.25) is 0 Å². The summed E-state index contributed by atoms with van der Waals surface area (Å²) in [6, 6.07) is 5.36. The second-order valence-electron chi connectivity index (χ2n) is 10.3. The van der Waals surface area contributed by atoms with E-state index in [1.165, 1.54) is 61.1 Å². The van der Waals surface area contributed by atoms with Gasteiger partial charge in [-0.25, -0.2) is 19.1 Å². The molecule has 3 heterocycles. The lowest BCUT2D eigenvalue weighted by molar-refractivity contribution is -0.894. The number of rotatable bonds is 12. The molecule has 1 saturated heterocycles. The Morgan fingerprint density at radius 3 is 2.19 bits per heavy atom. The van der Waals surface area contributed by atoms with Crippen molar-refractivity contribution in [3.8, 4) is 5.75 Å². The summed E-state index contributed by atoms with van der Waals surface area (Å²) in [6.07, 6.45) is -2.81. The molecule has 4 atom stereocenters. The number of hydrogen-bond donors (Lipinski definition) is 2. The van der Waals surface area contributed by atoms with Gasteiger partial charge in [0.1, 0.15) is 23.7 Å². The predicted molar refractivity (Wildman–Crippen MR) is 166 cm³/mol. The molecule has 1 fully saturated rings. The van der Waals surface area contributed by atoms with Gasteiger partial charge >= 0.3 is 28.2 Å². The van der Waals surface area contributed by atoms with Crippen LogP contribution < -0.4 is 20.5 Å². The van der Waals surface area contributed by atoms with Crippen LogP contribution in [0.2, 0.25) is 0 Å². The van der Waals surface area contributed by atoms with Crippen LogP contribution in [0.3, 0.4) is 0 Å². The smallest absolute Gasteiger partial charge is 0.380 e. The molecule has 48 heavy (non-hydrogen) atoms. The van der Waals surface area contributed by atoms with Crippen molar-refractivity contribution in [1.29, 1.82) is 0 Å². The predicted octanol–water partition coefficient (Wildman–Crippen LogP) is -0.906. The average molecular weight is 694 g/mol. The summed E-state index contributed by atoms with van der Waals surface area (Å²) < 4.78 is 56.1. The van der Waals surface area contributed by atoms with E-state index in [4.69, 9.17) is 28.9 Å². The minimum Gasteiger partial charge on any atom is -0.857 e. The standard InChI is InChI=1S/C23H24N6O11S.C6H15N/c1-11(30)37-15-7-5-4-6-14(15)22(33)28-41(34,35)36-8-16-18(38-12(2)31)19(39-13(3)32)23(40-16)29-10-27-17-20(24)25-9-26-21(17)29;1-4-7(5-2)6-3/h4-7,9-10,16,18-19,23H,8H2,1-3H3,(H,28,33)(H2,24,25,26);4-6H2,1-3H3/t16-,18-,19-,23-;/m1./s1. The number of carbonyl (C=O) groups is 3. The number of nitrogens with one attached hydrogen (secondary N) is 1. The van der Waals surface area contributed by atoms with E-state index in [1.54, 1.807) is 4.90 Å². The fourth-order valence-electron chi connectivity index (χ4n) is 4.74. The molecule has 1 aliphatic rings. The van der Waals surface area contributed by atoms with Crippen LogP contribution in [0, 0.1) is 0 Å². The summed E-state index contributed by atoms with van der Waals surface area (Å²) in [5.41, 5.74) is 5.92. The van der Waals surface area contributed by atoms with Crippen molar-refractivity contribution in [3.63, 3.8) is 0 Å². The lowest BCUT2D eigenvalue weighted by Gasteiger charge is -2.23. The SMILES string of the molecule is CC(=O)Oc1ccccc1C([O-])=NS(=O)(=O)OC[C@H]1O[C@@H](n2cnc3c(N)ncnc32)[C@H](OC(C)=O)[C@@H]1OC(C)=O.CC[NH+](CC)CC. The molecule has 0 saturated carbocycles. The summed E-state index contributed by atoms with van der Waals surface area (Å²) in [4.78, 5) is 48.9. The number of nitrogens with two attached hydrogens (primary N) is 1. The first kappa shape index (κ1) is 37.7. The van der Waals surface area contributed by atoms with E-state index in [0.717, 1.165) is 20.8 Å². The monoisotopic (exact) mass is 693 g/mol. The van der Waals surface area contributed by atoms with Gasteiger partial charge in [-0.2, -0.15) is 12.8 Å². The number of para-hydroxylation sites is 1. The van der Waals surface area contributed by atoms with Crippen LogP contribution in [-0.4, -0.2) is 96.3 Å². The number of nitrogen functional groups attached to an aromatic ring is 1. The summed E-state index contributed by atoms with van der Waals surface area (Å²) in [6.45, 7) is 13.0. The number of aromatic nitrogens is 4. The van der Waals surface area contributed by atoms with Crippen LogP contribution in [0.1, 0.15) is 53.3 Å². The molecule has 1 aliphatic heterocycles. The number of nitrogens with zero attached hydrogens (tertiary/aromatic N) is 5. The van der Waals surface area contributed by atoms with E-state index in [2.05, 4.69) is 40.1 Å². The third-order valence-electron chi connectivity index (χ3n) is 7.00. The van der Waals surface area contributed by atoms with Crippen LogP contribution in [0.15, 0.2) is 41.3 Å². The van der Waals surface area contributed by atoms with Crippen LogP contribution in [0.5, 0.6) is 5.75 Å². The summed E-state index contributed by atoms with van der Waals surface area (Å²) in [5.74, 6) is -3.73. The first-order chi connectivity index (χ1) is 22.7. The van der Waals surface area contributed by atoms with Crippen molar-refractivity contribution >= 4 is 51.1 Å². The Labute approximate surface area is 277 Å². The Balaban J connectivity index is 0.000000804. The molecule has 2 aromatic heterocycles. The summed E-state index contributed by atoms with van der Waals surface area (Å²) in [5, 5.41) is 12.6. The number of quaternary nitrogens is 1. The lowest BCUT2D eigenvalue weighted by Crippen LogP contribution is -3.11. The van der Waals surface area contributed by atoms with E-state index in [9.17, 15) is 27.9 Å². The second-order valence-corrected chi connectivity index (χ2v) is 11.6. The third-order valence-corrected chi connectivity index (χ3v) is 7.82. The van der Waals surface area contributed by atoms with Gasteiger partial charge in [-0.1, -0.05) is 18.2 Å². The fraction of sp³-hybridized carbons (Fsp3) is 0.483. The Kier molecular flexibility index (Phi) is 13.3. The number of carbonyl (C=O) groups excluding carboxylic acids is 3. The molecule has 1 aromatic carbocycles. The quantitative estimate of drug-likeness (QED) is 0.101. The fourth-order valence-corrected chi connectivity index (χ4v) is 5.40. The molecule has 4 rings (SSSR count). The molecular weight excluding hydrogens is 654 g/mol. The molecule has 0 radical (unpaired) electrons. The molecule has 0 aliphatic carbocycles. The maximum absolute atomic E-state index is 12.6. The maximum Gasteiger partial charge on any atom is 0.380 e. The molecule has 3 aromatic rings. The van der Waals surface area contributed by atoms with Gasteiger partial charge in [-0.15, -0.1) is 0 Å². The molecule has 18 nitrogen and oxygen atoms in total. The van der Waals surface area contributed by atoms with Gasteiger partial charge in [-0.3, -0.25) is 19.0 Å². The van der Waals surface area contributed by atoms with E-state index in [-0.39, 0.29) is 28.3 Å². The highest BCUT2D eigenvalue weighted by Gasteiger charge is 2.51. The first-order valence-corrected chi connectivity index (χ1v) is 16.3. The van der Waals surface area contributed by atoms with Gasteiger partial charge in [0.15, 0.2) is 29.9 Å². The normalized spacial score (nSPS) is 19.4. The zero-order valence-electron chi connectivity index (χ0n) is 27.3. The zero-order chi connectivity index (χ0) is 35.6. The Bertz CT molecular complexity index is 1720. The van der Waals surface area contributed by atoms with Crippen LogP contribution in [0.25, 0.3) is 11.2 Å². The van der Waals surface area contributed by atoms with Crippen molar-refractivity contribution in [2.45, 2.75) is 66.1 Å². The Morgan fingerprint density at radius 2 is 1.60 bits per heavy atom. The highest BCUT2D eigenvalue weighted by atomic mass is 32.2. The van der Waals surface area contributed by atoms with E-state index >= 15 is 0 Å².